The van der Waals surface area contributed by atoms with Crippen LogP contribution in [0.1, 0.15) is 41.7 Å². The average molecular weight is 502 g/mol. The van der Waals surface area contributed by atoms with Gasteiger partial charge in [-0.15, -0.1) is 0 Å². The number of aromatic nitrogens is 1. The molecule has 5 rings (SSSR count). The Morgan fingerprint density at radius 3 is 2.73 bits per heavy atom. The van der Waals surface area contributed by atoms with Gasteiger partial charge in [0.15, 0.2) is 0 Å². The highest BCUT2D eigenvalue weighted by Crippen LogP contribution is 2.34. The number of nitriles is 1. The lowest BCUT2D eigenvalue weighted by Gasteiger charge is -2.32. The van der Waals surface area contributed by atoms with E-state index in [0.29, 0.717) is 30.2 Å². The number of benzene rings is 2. The van der Waals surface area contributed by atoms with Crippen LogP contribution in [0.4, 0.5) is 5.69 Å². The van der Waals surface area contributed by atoms with Gasteiger partial charge in [0.25, 0.3) is 5.91 Å². The van der Waals surface area contributed by atoms with Crippen molar-refractivity contribution in [2.24, 2.45) is 11.8 Å². The standard InChI is InChI=1S/C28H31N5O4/c1-37-25-8-4-7-22-20(25)14-24(31-22)28(36)33-23(11-16-9-10-16)27(35)30-19(15-29)13-18-12-17-5-2-3-6-21(17)32-26(18)34/h2-8,14,16,18-19,23,26,31-32,34H,9-13H2,1H3,(H,30,35)(H,33,36). The Kier molecular flexibility index (Phi) is 7.01. The number of aliphatic hydroxyl groups is 1. The fraction of sp³-hybridized carbons (Fsp3) is 0.393. The second-order valence-electron chi connectivity index (χ2n) is 9.95. The van der Waals surface area contributed by atoms with Gasteiger partial charge in [-0.3, -0.25) is 9.59 Å². The first-order valence-electron chi connectivity index (χ1n) is 12.6. The minimum absolute atomic E-state index is 0.238. The molecule has 0 bridgehead atoms. The minimum atomic E-state index is -0.816. The Balaban J connectivity index is 1.25. The van der Waals surface area contributed by atoms with Gasteiger partial charge < -0.3 is 30.8 Å². The summed E-state index contributed by atoms with van der Waals surface area (Å²) in [5.74, 6) is 0.00656. The fourth-order valence-corrected chi connectivity index (χ4v) is 5.02. The number of carbonyl (C=O) groups is 2. The van der Waals surface area contributed by atoms with Gasteiger partial charge >= 0.3 is 0 Å². The number of nitrogens with one attached hydrogen (secondary N) is 4. The van der Waals surface area contributed by atoms with Crippen LogP contribution in [0.15, 0.2) is 48.5 Å². The van der Waals surface area contributed by atoms with Crippen molar-refractivity contribution >= 4 is 28.4 Å². The third-order valence-corrected chi connectivity index (χ3v) is 7.24. The molecule has 1 saturated carbocycles. The second kappa shape index (κ2) is 10.5. The maximum atomic E-state index is 13.3. The molecule has 2 amide bonds. The molecule has 4 atom stereocenters. The summed E-state index contributed by atoms with van der Waals surface area (Å²) in [4.78, 5) is 29.4. The van der Waals surface area contributed by atoms with E-state index < -0.39 is 24.2 Å². The predicted molar refractivity (Wildman–Crippen MR) is 139 cm³/mol. The number of anilines is 1. The van der Waals surface area contributed by atoms with E-state index in [1.165, 1.54) is 0 Å². The van der Waals surface area contributed by atoms with Crippen molar-refractivity contribution in [1.82, 2.24) is 15.6 Å². The summed E-state index contributed by atoms with van der Waals surface area (Å²) in [6, 6.07) is 15.6. The van der Waals surface area contributed by atoms with Gasteiger partial charge in [0, 0.05) is 22.5 Å². The molecule has 37 heavy (non-hydrogen) atoms. The van der Waals surface area contributed by atoms with E-state index >= 15 is 0 Å². The normalized spacial score (nSPS) is 20.1. The summed E-state index contributed by atoms with van der Waals surface area (Å²) < 4.78 is 5.38. The summed E-state index contributed by atoms with van der Waals surface area (Å²) in [7, 11) is 1.57. The van der Waals surface area contributed by atoms with Gasteiger partial charge in [0.1, 0.15) is 29.8 Å². The first kappa shape index (κ1) is 24.7. The SMILES string of the molecule is COc1cccc2[nH]c(C(=O)NC(CC3CC3)C(=O)NC(C#N)CC3Cc4ccccc4NC3O)cc12. The number of para-hydroxylation sites is 1. The molecule has 1 fully saturated rings. The molecule has 2 aromatic carbocycles. The summed E-state index contributed by atoms with van der Waals surface area (Å²) in [5.41, 5.74) is 3.04. The number of hydrogen-bond acceptors (Lipinski definition) is 6. The molecule has 5 N–H and O–H groups in total. The van der Waals surface area contributed by atoms with Gasteiger partial charge in [-0.2, -0.15) is 5.26 Å². The second-order valence-corrected chi connectivity index (χ2v) is 9.95. The van der Waals surface area contributed by atoms with E-state index in [1.807, 2.05) is 42.5 Å². The van der Waals surface area contributed by atoms with Crippen LogP contribution in [0, 0.1) is 23.2 Å². The van der Waals surface area contributed by atoms with Crippen LogP contribution >= 0.6 is 0 Å². The van der Waals surface area contributed by atoms with Crippen LogP contribution in [0.5, 0.6) is 5.75 Å². The smallest absolute Gasteiger partial charge is 0.268 e. The van der Waals surface area contributed by atoms with Crippen molar-refractivity contribution in [3.63, 3.8) is 0 Å². The van der Waals surface area contributed by atoms with Gasteiger partial charge in [-0.1, -0.05) is 37.1 Å². The molecule has 0 radical (unpaired) electrons. The maximum absolute atomic E-state index is 13.3. The van der Waals surface area contributed by atoms with E-state index in [-0.39, 0.29) is 18.2 Å². The average Bonchev–Trinajstić information content (AvgIpc) is 3.61. The fourth-order valence-electron chi connectivity index (χ4n) is 5.02. The molecule has 4 unspecified atom stereocenters. The zero-order chi connectivity index (χ0) is 25.9. The molecule has 1 aliphatic heterocycles. The van der Waals surface area contributed by atoms with Crippen molar-refractivity contribution in [3.05, 3.63) is 59.8 Å². The number of nitrogens with zero attached hydrogens (tertiary/aromatic N) is 1. The number of carbonyl (C=O) groups excluding carboxylic acids is 2. The molecule has 2 aliphatic rings. The summed E-state index contributed by atoms with van der Waals surface area (Å²) in [6.07, 6.45) is 2.62. The van der Waals surface area contributed by atoms with Crippen LogP contribution in [0.2, 0.25) is 0 Å². The largest absolute Gasteiger partial charge is 0.496 e. The van der Waals surface area contributed by atoms with Crippen LogP contribution in [-0.4, -0.2) is 47.3 Å². The highest BCUT2D eigenvalue weighted by atomic mass is 16.5. The lowest BCUT2D eigenvalue weighted by molar-refractivity contribution is -0.123. The van der Waals surface area contributed by atoms with Crippen molar-refractivity contribution < 1.29 is 19.4 Å². The third-order valence-electron chi connectivity index (χ3n) is 7.24. The molecule has 1 aliphatic carbocycles. The molecule has 3 aromatic rings. The van der Waals surface area contributed by atoms with Gasteiger partial charge in [-0.25, -0.2) is 0 Å². The van der Waals surface area contributed by atoms with Gasteiger partial charge in [-0.05, 0) is 55.0 Å². The first-order chi connectivity index (χ1) is 17.9. The molecular weight excluding hydrogens is 470 g/mol. The number of H-pyrrole nitrogens is 1. The molecule has 9 heteroatoms. The summed E-state index contributed by atoms with van der Waals surface area (Å²) in [6.45, 7) is 0. The molecule has 0 saturated heterocycles. The first-order valence-corrected chi connectivity index (χ1v) is 12.6. The van der Waals surface area contributed by atoms with E-state index in [0.717, 1.165) is 35.0 Å². The van der Waals surface area contributed by atoms with Crippen LogP contribution < -0.4 is 20.7 Å². The quantitative estimate of drug-likeness (QED) is 0.305. The van der Waals surface area contributed by atoms with E-state index in [2.05, 4.69) is 27.0 Å². The van der Waals surface area contributed by atoms with Crippen molar-refractivity contribution in [2.75, 3.05) is 12.4 Å². The molecule has 1 aromatic heterocycles. The predicted octanol–water partition coefficient (Wildman–Crippen LogP) is 3.08. The molecule has 9 nitrogen and oxygen atoms in total. The van der Waals surface area contributed by atoms with E-state index in [4.69, 9.17) is 4.74 Å². The van der Waals surface area contributed by atoms with Crippen LogP contribution in [0.25, 0.3) is 10.9 Å². The molecule has 2 heterocycles. The van der Waals surface area contributed by atoms with Gasteiger partial charge in [0.2, 0.25) is 5.91 Å². The Morgan fingerprint density at radius 2 is 1.97 bits per heavy atom. The zero-order valence-electron chi connectivity index (χ0n) is 20.7. The lowest BCUT2D eigenvalue weighted by atomic mass is 9.87. The zero-order valence-corrected chi connectivity index (χ0v) is 20.7. The highest BCUT2D eigenvalue weighted by molar-refractivity contribution is 6.01. The number of ether oxygens (including phenoxy) is 1. The van der Waals surface area contributed by atoms with E-state index in [1.54, 1.807) is 13.2 Å². The van der Waals surface area contributed by atoms with Crippen molar-refractivity contribution in [2.45, 2.75) is 50.4 Å². The Hall–Kier alpha value is -4.03. The van der Waals surface area contributed by atoms with Crippen LogP contribution in [0.3, 0.4) is 0 Å². The Labute approximate surface area is 215 Å². The summed E-state index contributed by atoms with van der Waals surface area (Å²) >= 11 is 0. The third kappa shape index (κ3) is 5.54. The lowest BCUT2D eigenvalue weighted by Crippen LogP contribution is -2.50. The Morgan fingerprint density at radius 1 is 1.16 bits per heavy atom. The number of rotatable bonds is 9. The highest BCUT2D eigenvalue weighted by Gasteiger charge is 2.34. The number of aliphatic hydroxyl groups excluding tert-OH is 1. The van der Waals surface area contributed by atoms with Crippen molar-refractivity contribution in [3.8, 4) is 11.8 Å². The van der Waals surface area contributed by atoms with Gasteiger partial charge in [0.05, 0.1) is 13.2 Å². The Bertz CT molecular complexity index is 1340. The minimum Gasteiger partial charge on any atom is -0.496 e. The van der Waals surface area contributed by atoms with Crippen LogP contribution in [-0.2, 0) is 11.2 Å². The van der Waals surface area contributed by atoms with E-state index in [9.17, 15) is 20.0 Å². The molecule has 0 spiro atoms. The number of aromatic amines is 1. The monoisotopic (exact) mass is 501 g/mol. The van der Waals surface area contributed by atoms with Crippen molar-refractivity contribution in [1.29, 1.82) is 5.26 Å². The number of hydrogen-bond donors (Lipinski definition) is 5. The molecule has 192 valence electrons. The number of fused-ring (bicyclic) bond motifs is 2. The molecular formula is C28H31N5O4. The summed E-state index contributed by atoms with van der Waals surface area (Å²) in [5, 5.41) is 29.9. The maximum Gasteiger partial charge on any atom is 0.268 e. The topological polar surface area (TPSA) is 139 Å². The number of amides is 2. The number of methoxy groups -OCH3 is 1.